The summed E-state index contributed by atoms with van der Waals surface area (Å²) in [5.74, 6) is -0.413. The molecule has 1 aliphatic heterocycles. The fourth-order valence-electron chi connectivity index (χ4n) is 3.78. The number of amides is 2. The van der Waals surface area contributed by atoms with E-state index < -0.39 is 0 Å². The first kappa shape index (κ1) is 20.2. The molecule has 8 nitrogen and oxygen atoms in total. The quantitative estimate of drug-likeness (QED) is 0.593. The van der Waals surface area contributed by atoms with Gasteiger partial charge in [-0.2, -0.15) is 5.10 Å². The zero-order chi connectivity index (χ0) is 21.1. The average molecular weight is 425 g/mol. The number of rotatable bonds is 6. The van der Waals surface area contributed by atoms with Crippen LogP contribution in [0.1, 0.15) is 34.5 Å². The third-order valence-corrected chi connectivity index (χ3v) is 5.82. The second-order valence-electron chi connectivity index (χ2n) is 7.45. The number of carbonyl (C=O) groups excluding carboxylic acids is 2. The molecule has 2 N–H and O–H groups in total. The summed E-state index contributed by atoms with van der Waals surface area (Å²) in [6.45, 7) is 4.05. The van der Waals surface area contributed by atoms with Crippen LogP contribution in [0.2, 0.25) is 0 Å². The molecule has 0 unspecified atom stereocenters. The lowest BCUT2D eigenvalue weighted by Gasteiger charge is -2.15. The first-order valence-corrected chi connectivity index (χ1v) is 10.5. The molecular formula is C21H24N6O2S. The van der Waals surface area contributed by atoms with Gasteiger partial charge in [0, 0.05) is 38.2 Å². The predicted octanol–water partition coefficient (Wildman–Crippen LogP) is 2.39. The lowest BCUT2D eigenvalue weighted by Crippen LogP contribution is -2.38. The molecule has 30 heavy (non-hydrogen) atoms. The van der Waals surface area contributed by atoms with E-state index in [4.69, 9.17) is 12.2 Å². The maximum Gasteiger partial charge on any atom is 0.254 e. The van der Waals surface area contributed by atoms with E-state index in [0.29, 0.717) is 16.6 Å². The van der Waals surface area contributed by atoms with E-state index in [0.717, 1.165) is 54.6 Å². The summed E-state index contributed by atoms with van der Waals surface area (Å²) < 4.78 is 2.31. The molecular weight excluding hydrogens is 400 g/mol. The van der Waals surface area contributed by atoms with Gasteiger partial charge in [-0.15, -0.1) is 0 Å². The van der Waals surface area contributed by atoms with Gasteiger partial charge in [-0.05, 0) is 37.8 Å². The maximum atomic E-state index is 12.7. The Kier molecular flexibility index (Phi) is 5.89. The Balaban J connectivity index is 1.50. The molecule has 3 aromatic heterocycles. The molecule has 0 spiro atoms. The second-order valence-corrected chi connectivity index (χ2v) is 7.85. The second kappa shape index (κ2) is 8.74. The standard InChI is InChI=1S/C21H24N6O2S/c1-14-18-19(30)16(21(29)24-13-17(28)26-8-2-3-9-26)12-23-20(18)27(25-14)10-6-15-5-4-7-22-11-15/h4-5,7,11-12H,2-3,6,8-10,13H2,1H3,(H,23,30)(H,24,29). The fraction of sp³-hybridized carbons (Fsp3) is 0.381. The molecule has 1 saturated heterocycles. The van der Waals surface area contributed by atoms with Crippen molar-refractivity contribution in [3.8, 4) is 0 Å². The largest absolute Gasteiger partial charge is 0.345 e. The van der Waals surface area contributed by atoms with Gasteiger partial charge in [0.1, 0.15) is 5.65 Å². The van der Waals surface area contributed by atoms with Gasteiger partial charge < -0.3 is 15.2 Å². The minimum absolute atomic E-state index is 0.0189. The molecule has 1 aliphatic rings. The van der Waals surface area contributed by atoms with Gasteiger partial charge in [-0.3, -0.25) is 14.6 Å². The van der Waals surface area contributed by atoms with Crippen molar-refractivity contribution in [2.75, 3.05) is 19.6 Å². The van der Waals surface area contributed by atoms with Gasteiger partial charge in [0.15, 0.2) is 0 Å². The lowest BCUT2D eigenvalue weighted by atomic mass is 10.2. The van der Waals surface area contributed by atoms with Crippen molar-refractivity contribution in [2.24, 2.45) is 0 Å². The third kappa shape index (κ3) is 4.11. The van der Waals surface area contributed by atoms with Gasteiger partial charge in [-0.25, -0.2) is 4.68 Å². The molecule has 4 rings (SSSR count). The minimum Gasteiger partial charge on any atom is -0.345 e. The number of aromatic nitrogens is 4. The Bertz CT molecular complexity index is 1130. The average Bonchev–Trinajstić information content (AvgIpc) is 3.40. The fourth-order valence-corrected chi connectivity index (χ4v) is 4.18. The molecule has 0 aromatic carbocycles. The number of H-pyrrole nitrogens is 1. The summed E-state index contributed by atoms with van der Waals surface area (Å²) >= 11 is 5.60. The van der Waals surface area contributed by atoms with E-state index in [1.807, 2.05) is 29.9 Å². The number of hydrogen-bond donors (Lipinski definition) is 2. The molecule has 1 fully saturated rings. The predicted molar refractivity (Wildman–Crippen MR) is 116 cm³/mol. The maximum absolute atomic E-state index is 12.7. The van der Waals surface area contributed by atoms with Crippen LogP contribution < -0.4 is 5.32 Å². The molecule has 0 bridgehead atoms. The van der Waals surface area contributed by atoms with Crippen LogP contribution in [0.5, 0.6) is 0 Å². The van der Waals surface area contributed by atoms with E-state index >= 15 is 0 Å². The Labute approximate surface area is 179 Å². The number of pyridine rings is 2. The van der Waals surface area contributed by atoms with E-state index in [1.54, 1.807) is 17.3 Å². The summed E-state index contributed by atoms with van der Waals surface area (Å²) in [5.41, 5.74) is 3.02. The summed E-state index contributed by atoms with van der Waals surface area (Å²) in [7, 11) is 0. The van der Waals surface area contributed by atoms with Crippen LogP contribution in [0.15, 0.2) is 30.7 Å². The van der Waals surface area contributed by atoms with E-state index in [9.17, 15) is 9.59 Å². The monoisotopic (exact) mass is 424 g/mol. The van der Waals surface area contributed by atoms with Crippen molar-refractivity contribution in [3.63, 3.8) is 0 Å². The number of nitrogens with zero attached hydrogens (tertiary/aromatic N) is 4. The van der Waals surface area contributed by atoms with Crippen molar-refractivity contribution >= 4 is 35.1 Å². The number of fused-ring (bicyclic) bond motifs is 1. The Morgan fingerprint density at radius 3 is 2.83 bits per heavy atom. The highest BCUT2D eigenvalue weighted by atomic mass is 32.1. The van der Waals surface area contributed by atoms with Crippen LogP contribution in [0.3, 0.4) is 0 Å². The molecule has 0 radical (unpaired) electrons. The zero-order valence-corrected chi connectivity index (χ0v) is 17.7. The number of carbonyl (C=O) groups is 2. The zero-order valence-electron chi connectivity index (χ0n) is 16.9. The van der Waals surface area contributed by atoms with Crippen molar-refractivity contribution in [2.45, 2.75) is 32.7 Å². The van der Waals surface area contributed by atoms with Crippen molar-refractivity contribution in [1.29, 1.82) is 0 Å². The molecule has 0 aliphatic carbocycles. The first-order chi connectivity index (χ1) is 14.5. The van der Waals surface area contributed by atoms with Crippen LogP contribution in [0, 0.1) is 11.4 Å². The SMILES string of the molecule is Cc1nn(CCc2cccnc2)c2[nH]cc(C(=O)NCC(=O)N3CCCC3)c(=S)c12. The van der Waals surface area contributed by atoms with Gasteiger partial charge in [0.2, 0.25) is 5.91 Å². The topological polar surface area (TPSA) is 95.9 Å². The highest BCUT2D eigenvalue weighted by molar-refractivity contribution is 7.71. The number of hydrogen-bond acceptors (Lipinski definition) is 5. The molecule has 4 heterocycles. The molecule has 9 heteroatoms. The number of aryl methyl sites for hydroxylation is 3. The van der Waals surface area contributed by atoms with Crippen LogP contribution in [0.25, 0.3) is 11.0 Å². The molecule has 0 atom stereocenters. The molecule has 3 aromatic rings. The number of aromatic amines is 1. The Morgan fingerprint density at radius 1 is 1.30 bits per heavy atom. The van der Waals surface area contributed by atoms with Gasteiger partial charge >= 0.3 is 0 Å². The third-order valence-electron chi connectivity index (χ3n) is 5.39. The summed E-state index contributed by atoms with van der Waals surface area (Å²) in [4.78, 5) is 33.9. The smallest absolute Gasteiger partial charge is 0.254 e. The first-order valence-electron chi connectivity index (χ1n) is 10.1. The minimum atomic E-state index is -0.354. The van der Waals surface area contributed by atoms with Crippen molar-refractivity contribution in [3.05, 3.63) is 52.1 Å². The summed E-state index contributed by atoms with van der Waals surface area (Å²) in [6.07, 6.45) is 8.01. The molecule has 0 saturated carbocycles. The van der Waals surface area contributed by atoms with Gasteiger partial charge in [-0.1, -0.05) is 18.3 Å². The van der Waals surface area contributed by atoms with Gasteiger partial charge in [0.05, 0.1) is 27.7 Å². The Morgan fingerprint density at radius 2 is 2.10 bits per heavy atom. The summed E-state index contributed by atoms with van der Waals surface area (Å²) in [6, 6.07) is 3.94. The van der Waals surface area contributed by atoms with Crippen LogP contribution in [-0.2, 0) is 17.8 Å². The van der Waals surface area contributed by atoms with E-state index in [1.165, 1.54) is 0 Å². The molecule has 156 valence electrons. The van der Waals surface area contributed by atoms with Gasteiger partial charge in [0.25, 0.3) is 5.91 Å². The highest BCUT2D eigenvalue weighted by Gasteiger charge is 2.20. The number of nitrogens with one attached hydrogen (secondary N) is 2. The van der Waals surface area contributed by atoms with Crippen molar-refractivity contribution < 1.29 is 9.59 Å². The summed E-state index contributed by atoms with van der Waals surface area (Å²) in [5, 5.41) is 8.06. The van der Waals surface area contributed by atoms with Crippen LogP contribution in [-0.4, -0.2) is 56.1 Å². The van der Waals surface area contributed by atoms with Crippen LogP contribution in [0.4, 0.5) is 0 Å². The van der Waals surface area contributed by atoms with Crippen molar-refractivity contribution in [1.82, 2.24) is 30.0 Å². The highest BCUT2D eigenvalue weighted by Crippen LogP contribution is 2.21. The lowest BCUT2D eigenvalue weighted by molar-refractivity contribution is -0.129. The Hall–Kier alpha value is -3.07. The normalized spacial score (nSPS) is 13.7. The number of likely N-dealkylation sites (tertiary alicyclic amines) is 1. The van der Waals surface area contributed by atoms with E-state index in [2.05, 4.69) is 20.4 Å². The molecule has 2 amide bonds. The van der Waals surface area contributed by atoms with E-state index in [-0.39, 0.29) is 18.4 Å². The van der Waals surface area contributed by atoms with Crippen LogP contribution >= 0.6 is 12.2 Å².